The maximum Gasteiger partial charge on any atom is 0.171 e. The minimum Gasteiger partial charge on any atom is -0.492 e. The average Bonchev–Trinajstić information content (AvgIpc) is 2.40. The van der Waals surface area contributed by atoms with Crippen LogP contribution in [0.5, 0.6) is 11.5 Å². The van der Waals surface area contributed by atoms with Crippen molar-refractivity contribution in [1.29, 1.82) is 0 Å². The zero-order valence-electron chi connectivity index (χ0n) is 11.8. The van der Waals surface area contributed by atoms with E-state index in [-0.39, 0.29) is 24.1 Å². The van der Waals surface area contributed by atoms with Crippen molar-refractivity contribution in [3.63, 3.8) is 0 Å². The predicted octanol–water partition coefficient (Wildman–Crippen LogP) is 3.51. The monoisotopic (exact) mass is 340 g/mol. The molecule has 0 fully saturated rings. The molecular formula is C15H17BrO4. The Labute approximate surface area is 126 Å². The molecule has 0 saturated heterocycles. The van der Waals surface area contributed by atoms with E-state index in [0.29, 0.717) is 23.5 Å². The number of carbonyl (C=O) groups excluding carboxylic acids is 2. The van der Waals surface area contributed by atoms with Crippen LogP contribution in [0.2, 0.25) is 0 Å². The number of methoxy groups -OCH3 is 1. The van der Waals surface area contributed by atoms with Gasteiger partial charge in [0.2, 0.25) is 0 Å². The standard InChI is InChI=1S/C15H17BrO4/c1-8-4-5-11(18)14-13(8)10(16)6-12(15(14)19-3)20-7-9(2)17/h6,8H,4-5,7H2,1-3H3. The summed E-state index contributed by atoms with van der Waals surface area (Å²) in [6.07, 6.45) is 1.34. The fourth-order valence-corrected chi connectivity index (χ4v) is 3.29. The van der Waals surface area contributed by atoms with Crippen molar-refractivity contribution >= 4 is 27.5 Å². The lowest BCUT2D eigenvalue weighted by Gasteiger charge is -2.26. The number of carbonyl (C=O) groups is 2. The molecule has 5 heteroatoms. The van der Waals surface area contributed by atoms with E-state index in [1.54, 1.807) is 6.07 Å². The van der Waals surface area contributed by atoms with Crippen molar-refractivity contribution < 1.29 is 19.1 Å². The van der Waals surface area contributed by atoms with Crippen LogP contribution in [0.4, 0.5) is 0 Å². The van der Waals surface area contributed by atoms with Gasteiger partial charge >= 0.3 is 0 Å². The van der Waals surface area contributed by atoms with Gasteiger partial charge in [0.15, 0.2) is 23.1 Å². The largest absolute Gasteiger partial charge is 0.492 e. The van der Waals surface area contributed by atoms with E-state index in [1.807, 2.05) is 0 Å². The Hall–Kier alpha value is -1.36. The highest BCUT2D eigenvalue weighted by molar-refractivity contribution is 9.10. The zero-order valence-corrected chi connectivity index (χ0v) is 13.4. The lowest BCUT2D eigenvalue weighted by atomic mass is 9.82. The second kappa shape index (κ2) is 5.95. The summed E-state index contributed by atoms with van der Waals surface area (Å²) < 4.78 is 11.7. The molecule has 2 rings (SSSR count). The fraction of sp³-hybridized carbons (Fsp3) is 0.467. The second-order valence-electron chi connectivity index (χ2n) is 5.03. The van der Waals surface area contributed by atoms with E-state index < -0.39 is 0 Å². The van der Waals surface area contributed by atoms with Crippen molar-refractivity contribution in [3.05, 3.63) is 21.7 Å². The number of hydrogen-bond donors (Lipinski definition) is 0. The van der Waals surface area contributed by atoms with Gasteiger partial charge in [-0.25, -0.2) is 0 Å². The average molecular weight is 341 g/mol. The summed E-state index contributed by atoms with van der Waals surface area (Å²) in [7, 11) is 1.51. The summed E-state index contributed by atoms with van der Waals surface area (Å²) in [5.41, 5.74) is 1.55. The highest BCUT2D eigenvalue weighted by atomic mass is 79.9. The molecule has 0 saturated carbocycles. The summed E-state index contributed by atoms with van der Waals surface area (Å²) >= 11 is 3.50. The van der Waals surface area contributed by atoms with E-state index >= 15 is 0 Å². The third-order valence-electron chi connectivity index (χ3n) is 3.45. The van der Waals surface area contributed by atoms with Crippen LogP contribution >= 0.6 is 15.9 Å². The van der Waals surface area contributed by atoms with Crippen molar-refractivity contribution in [2.45, 2.75) is 32.6 Å². The Morgan fingerprint density at radius 3 is 2.80 bits per heavy atom. The molecule has 1 unspecified atom stereocenters. The lowest BCUT2D eigenvalue weighted by Crippen LogP contribution is -2.17. The molecule has 108 valence electrons. The SMILES string of the molecule is COc1c(OCC(C)=O)cc(Br)c2c1C(=O)CCC2C. The highest BCUT2D eigenvalue weighted by Gasteiger charge is 2.30. The van der Waals surface area contributed by atoms with Crippen LogP contribution in [0, 0.1) is 0 Å². The molecule has 4 nitrogen and oxygen atoms in total. The smallest absolute Gasteiger partial charge is 0.171 e. The minimum absolute atomic E-state index is 0.0364. The first kappa shape index (κ1) is 15.0. The van der Waals surface area contributed by atoms with Gasteiger partial charge in [0.25, 0.3) is 0 Å². The van der Waals surface area contributed by atoms with Crippen molar-refractivity contribution in [2.24, 2.45) is 0 Å². The predicted molar refractivity (Wildman–Crippen MR) is 78.8 cm³/mol. The number of Topliss-reactive ketones (excluding diaryl/α,β-unsaturated/α-hetero) is 2. The number of hydrogen-bond acceptors (Lipinski definition) is 4. The van der Waals surface area contributed by atoms with E-state index in [9.17, 15) is 9.59 Å². The Balaban J connectivity index is 2.56. The van der Waals surface area contributed by atoms with Gasteiger partial charge in [-0.05, 0) is 30.9 Å². The molecule has 0 N–H and O–H groups in total. The molecule has 0 heterocycles. The molecule has 0 bridgehead atoms. The van der Waals surface area contributed by atoms with Gasteiger partial charge in [0.1, 0.15) is 6.61 Å². The quantitative estimate of drug-likeness (QED) is 0.841. The van der Waals surface area contributed by atoms with Crippen molar-refractivity contribution in [2.75, 3.05) is 13.7 Å². The molecule has 1 aliphatic carbocycles. The number of fused-ring (bicyclic) bond motifs is 1. The minimum atomic E-state index is -0.0828. The number of benzene rings is 1. The van der Waals surface area contributed by atoms with Crippen molar-refractivity contribution in [1.82, 2.24) is 0 Å². The zero-order chi connectivity index (χ0) is 14.9. The van der Waals surface area contributed by atoms with Gasteiger partial charge in [-0.1, -0.05) is 22.9 Å². The van der Waals surface area contributed by atoms with E-state index in [0.717, 1.165) is 16.5 Å². The van der Waals surface area contributed by atoms with Crippen LogP contribution in [-0.4, -0.2) is 25.3 Å². The molecule has 20 heavy (non-hydrogen) atoms. The summed E-state index contributed by atoms with van der Waals surface area (Å²) in [5.74, 6) is 1.12. The third kappa shape index (κ3) is 2.73. The molecule has 0 radical (unpaired) electrons. The lowest BCUT2D eigenvalue weighted by molar-refractivity contribution is -0.118. The highest BCUT2D eigenvalue weighted by Crippen LogP contribution is 2.45. The van der Waals surface area contributed by atoms with Gasteiger partial charge in [-0.15, -0.1) is 0 Å². The summed E-state index contributed by atoms with van der Waals surface area (Å²) in [4.78, 5) is 23.3. The molecule has 1 aromatic carbocycles. The van der Waals surface area contributed by atoms with Gasteiger partial charge in [-0.2, -0.15) is 0 Å². The topological polar surface area (TPSA) is 52.6 Å². The molecule has 1 aromatic rings. The van der Waals surface area contributed by atoms with Crippen LogP contribution in [0.3, 0.4) is 0 Å². The third-order valence-corrected chi connectivity index (χ3v) is 4.10. The molecular weight excluding hydrogens is 324 g/mol. The first-order chi connectivity index (χ1) is 9.45. The summed E-state index contributed by atoms with van der Waals surface area (Å²) in [5, 5.41) is 0. The number of rotatable bonds is 4. The van der Waals surface area contributed by atoms with Crippen LogP contribution in [0.1, 0.15) is 48.5 Å². The van der Waals surface area contributed by atoms with Gasteiger partial charge in [0.05, 0.1) is 12.7 Å². The first-order valence-electron chi connectivity index (χ1n) is 6.51. The first-order valence-corrected chi connectivity index (χ1v) is 7.30. The molecule has 0 aliphatic heterocycles. The van der Waals surface area contributed by atoms with Crippen LogP contribution in [0.15, 0.2) is 10.5 Å². The Kier molecular flexibility index (Phi) is 4.48. The van der Waals surface area contributed by atoms with Gasteiger partial charge < -0.3 is 9.47 Å². The molecule has 1 aliphatic rings. The van der Waals surface area contributed by atoms with Gasteiger partial charge in [-0.3, -0.25) is 9.59 Å². The normalized spacial score (nSPS) is 17.6. The summed E-state index contributed by atoms with van der Waals surface area (Å²) in [6.45, 7) is 3.50. The van der Waals surface area contributed by atoms with E-state index in [2.05, 4.69) is 22.9 Å². The number of ketones is 2. The van der Waals surface area contributed by atoms with Gasteiger partial charge in [0, 0.05) is 10.9 Å². The fourth-order valence-electron chi connectivity index (χ4n) is 2.49. The Morgan fingerprint density at radius 1 is 1.50 bits per heavy atom. The Bertz CT molecular complexity index is 565. The molecule has 0 aromatic heterocycles. The molecule has 1 atom stereocenters. The van der Waals surface area contributed by atoms with Crippen LogP contribution < -0.4 is 9.47 Å². The maximum absolute atomic E-state index is 12.2. The number of halogens is 1. The van der Waals surface area contributed by atoms with Crippen molar-refractivity contribution in [3.8, 4) is 11.5 Å². The second-order valence-corrected chi connectivity index (χ2v) is 5.89. The summed E-state index contributed by atoms with van der Waals surface area (Å²) in [6, 6.07) is 1.77. The van der Waals surface area contributed by atoms with Crippen LogP contribution in [-0.2, 0) is 4.79 Å². The molecule has 0 spiro atoms. The van der Waals surface area contributed by atoms with E-state index in [4.69, 9.17) is 9.47 Å². The van der Waals surface area contributed by atoms with E-state index in [1.165, 1.54) is 14.0 Å². The molecule has 0 amide bonds. The number of ether oxygens (including phenoxy) is 2. The van der Waals surface area contributed by atoms with Crippen LogP contribution in [0.25, 0.3) is 0 Å². The Morgan fingerprint density at radius 2 is 2.20 bits per heavy atom. The maximum atomic E-state index is 12.2.